The largest absolute Gasteiger partial charge is 0.506 e. The molecule has 0 saturated carbocycles. The zero-order chi connectivity index (χ0) is 23.7. The molecule has 0 radical (unpaired) electrons. The van der Waals surface area contributed by atoms with Crippen LogP contribution in [0, 0.1) is 0 Å². The average molecular weight is 459 g/mol. The summed E-state index contributed by atoms with van der Waals surface area (Å²) in [5.41, 5.74) is 2.76. The first-order valence-electron chi connectivity index (χ1n) is 11.3. The molecule has 1 fully saturated rings. The number of carbonyl (C=O) groups is 1. The van der Waals surface area contributed by atoms with Crippen LogP contribution in [-0.4, -0.2) is 61.8 Å². The number of hydrogen-bond acceptors (Lipinski definition) is 7. The first-order chi connectivity index (χ1) is 16.5. The van der Waals surface area contributed by atoms with Crippen molar-refractivity contribution in [2.24, 2.45) is 0 Å². The van der Waals surface area contributed by atoms with Crippen LogP contribution in [0.2, 0.25) is 0 Å². The predicted octanol–water partition coefficient (Wildman–Crippen LogP) is 3.71. The summed E-state index contributed by atoms with van der Waals surface area (Å²) in [7, 11) is 0. The van der Waals surface area contributed by atoms with Crippen molar-refractivity contribution in [2.45, 2.75) is 19.8 Å². The van der Waals surface area contributed by atoms with Gasteiger partial charge in [0, 0.05) is 32.4 Å². The number of phenolic OH excluding ortho intramolecular Hbond substituents is 1. The molecule has 9 heteroatoms. The number of hydrogen-bond donors (Lipinski definition) is 1. The van der Waals surface area contributed by atoms with Gasteiger partial charge in [-0.2, -0.15) is 5.10 Å². The van der Waals surface area contributed by atoms with E-state index in [9.17, 15) is 9.90 Å². The molecule has 4 aromatic rings. The number of carbonyl (C=O) groups excluding carboxylic acids is 1. The van der Waals surface area contributed by atoms with Gasteiger partial charge in [0.05, 0.1) is 29.4 Å². The first-order valence-corrected chi connectivity index (χ1v) is 11.3. The van der Waals surface area contributed by atoms with Crippen LogP contribution >= 0.6 is 0 Å². The van der Waals surface area contributed by atoms with Gasteiger partial charge in [-0.25, -0.2) is 14.6 Å². The Hall–Kier alpha value is -4.14. The van der Waals surface area contributed by atoms with Crippen molar-refractivity contribution in [3.8, 4) is 23.2 Å². The number of aromatic nitrogens is 4. The quantitative estimate of drug-likeness (QED) is 0.486. The molecule has 4 heterocycles. The Kier molecular flexibility index (Phi) is 5.75. The van der Waals surface area contributed by atoms with Crippen molar-refractivity contribution in [3.63, 3.8) is 0 Å². The molecule has 3 aromatic heterocycles. The van der Waals surface area contributed by atoms with Gasteiger partial charge < -0.3 is 19.3 Å². The fourth-order valence-corrected chi connectivity index (χ4v) is 4.30. The Morgan fingerprint density at radius 3 is 2.56 bits per heavy atom. The van der Waals surface area contributed by atoms with Gasteiger partial charge in [0.1, 0.15) is 11.4 Å². The van der Waals surface area contributed by atoms with E-state index in [1.54, 1.807) is 47.6 Å². The number of rotatable bonds is 5. The van der Waals surface area contributed by atoms with Gasteiger partial charge >= 0.3 is 0 Å². The molecule has 5 rings (SSSR count). The maximum absolute atomic E-state index is 13.5. The third-order valence-electron chi connectivity index (χ3n) is 5.98. The molecule has 0 aliphatic carbocycles. The van der Waals surface area contributed by atoms with Gasteiger partial charge in [-0.3, -0.25) is 4.79 Å². The number of amides is 1. The van der Waals surface area contributed by atoms with Gasteiger partial charge in [-0.15, -0.1) is 0 Å². The van der Waals surface area contributed by atoms with Crippen molar-refractivity contribution >= 4 is 11.6 Å². The lowest BCUT2D eigenvalue weighted by molar-refractivity contribution is 0.0745. The second-order valence-corrected chi connectivity index (χ2v) is 8.50. The third-order valence-corrected chi connectivity index (χ3v) is 5.98. The van der Waals surface area contributed by atoms with Crippen molar-refractivity contribution in [3.05, 3.63) is 72.4 Å². The average Bonchev–Trinajstić information content (AvgIpc) is 3.55. The Balaban J connectivity index is 1.39. The zero-order valence-corrected chi connectivity index (χ0v) is 19.1. The highest BCUT2D eigenvalue weighted by Gasteiger charge is 2.28. The first kappa shape index (κ1) is 21.7. The summed E-state index contributed by atoms with van der Waals surface area (Å²) in [4.78, 5) is 26.4. The van der Waals surface area contributed by atoms with Gasteiger partial charge in [0.2, 0.25) is 0 Å². The standard InChI is InChI=1S/C25H26N6O3/c1-17(2)23-18(16-27-31(23)25-26-10-9-19(28-25)22-8-5-15-34-22)24(33)30-13-11-29(12-14-30)20-6-3-4-7-21(20)32/h3-10,15-17,32H,11-14H2,1-2H3. The summed E-state index contributed by atoms with van der Waals surface area (Å²) in [5.74, 6) is 1.25. The van der Waals surface area contributed by atoms with Crippen LogP contribution in [0.1, 0.15) is 35.8 Å². The van der Waals surface area contributed by atoms with E-state index in [1.807, 2.05) is 36.9 Å². The number of anilines is 1. The number of furan rings is 1. The summed E-state index contributed by atoms with van der Waals surface area (Å²) >= 11 is 0. The van der Waals surface area contributed by atoms with Gasteiger partial charge in [-0.05, 0) is 36.2 Å². The molecular weight excluding hydrogens is 432 g/mol. The highest BCUT2D eigenvalue weighted by atomic mass is 16.3. The van der Waals surface area contributed by atoms with Crippen LogP contribution in [0.15, 0.2) is 65.5 Å². The highest BCUT2D eigenvalue weighted by Crippen LogP contribution is 2.28. The van der Waals surface area contributed by atoms with E-state index in [0.29, 0.717) is 49.1 Å². The summed E-state index contributed by atoms with van der Waals surface area (Å²) in [6, 6.07) is 12.7. The lowest BCUT2D eigenvalue weighted by Crippen LogP contribution is -2.49. The van der Waals surface area contributed by atoms with E-state index >= 15 is 0 Å². The fourth-order valence-electron chi connectivity index (χ4n) is 4.30. The van der Waals surface area contributed by atoms with Crippen molar-refractivity contribution in [2.75, 3.05) is 31.1 Å². The predicted molar refractivity (Wildman–Crippen MR) is 127 cm³/mol. The van der Waals surface area contributed by atoms with Gasteiger partial charge in [0.15, 0.2) is 5.76 Å². The minimum absolute atomic E-state index is 0.0277. The lowest BCUT2D eigenvalue weighted by Gasteiger charge is -2.36. The maximum Gasteiger partial charge on any atom is 0.257 e. The second kappa shape index (κ2) is 9.01. The summed E-state index contributed by atoms with van der Waals surface area (Å²) in [5, 5.41) is 14.6. The molecule has 1 amide bonds. The van der Waals surface area contributed by atoms with Crippen molar-refractivity contribution in [1.82, 2.24) is 24.6 Å². The van der Waals surface area contributed by atoms with E-state index in [0.717, 1.165) is 11.4 Å². The minimum Gasteiger partial charge on any atom is -0.506 e. The van der Waals surface area contributed by atoms with Gasteiger partial charge in [-0.1, -0.05) is 26.0 Å². The Labute approximate surface area is 197 Å². The minimum atomic E-state index is -0.0610. The molecule has 174 valence electrons. The number of piperazine rings is 1. The molecule has 1 aromatic carbocycles. The Bertz CT molecular complexity index is 1290. The molecule has 1 aliphatic heterocycles. The van der Waals surface area contributed by atoms with E-state index in [2.05, 4.69) is 20.0 Å². The monoisotopic (exact) mass is 458 g/mol. The van der Waals surface area contributed by atoms with Crippen molar-refractivity contribution in [1.29, 1.82) is 0 Å². The van der Waals surface area contributed by atoms with E-state index in [4.69, 9.17) is 4.42 Å². The molecule has 1 N–H and O–H groups in total. The third kappa shape index (κ3) is 4.00. The zero-order valence-electron chi connectivity index (χ0n) is 19.1. The molecule has 1 saturated heterocycles. The molecule has 0 spiro atoms. The normalized spacial score (nSPS) is 14.1. The molecular formula is C25H26N6O3. The van der Waals surface area contributed by atoms with E-state index < -0.39 is 0 Å². The SMILES string of the molecule is CC(C)c1c(C(=O)N2CCN(c3ccccc3O)CC2)cnn1-c1nccc(-c2ccco2)n1. The number of phenols is 1. The second-order valence-electron chi connectivity index (χ2n) is 8.50. The van der Waals surface area contributed by atoms with Gasteiger partial charge in [0.25, 0.3) is 11.9 Å². The van der Waals surface area contributed by atoms with Crippen LogP contribution in [0.3, 0.4) is 0 Å². The number of aromatic hydroxyl groups is 1. The van der Waals surface area contributed by atoms with Crippen LogP contribution in [0.25, 0.3) is 17.4 Å². The molecule has 0 unspecified atom stereocenters. The Morgan fingerprint density at radius 1 is 1.06 bits per heavy atom. The fraction of sp³-hybridized carbons (Fsp3) is 0.280. The van der Waals surface area contributed by atoms with Crippen LogP contribution < -0.4 is 4.90 Å². The summed E-state index contributed by atoms with van der Waals surface area (Å²) < 4.78 is 7.10. The number of nitrogens with zero attached hydrogens (tertiary/aromatic N) is 6. The number of para-hydroxylation sites is 2. The molecule has 9 nitrogen and oxygen atoms in total. The molecule has 34 heavy (non-hydrogen) atoms. The highest BCUT2D eigenvalue weighted by molar-refractivity contribution is 5.95. The van der Waals surface area contributed by atoms with Crippen LogP contribution in [0.5, 0.6) is 5.75 Å². The smallest absolute Gasteiger partial charge is 0.257 e. The molecule has 0 bridgehead atoms. The lowest BCUT2D eigenvalue weighted by atomic mass is 10.0. The molecule has 1 aliphatic rings. The molecule has 0 atom stereocenters. The van der Waals surface area contributed by atoms with E-state index in [1.165, 1.54) is 0 Å². The number of benzene rings is 1. The topological polar surface area (TPSA) is 101 Å². The summed E-state index contributed by atoms with van der Waals surface area (Å²) in [6.07, 6.45) is 4.86. The summed E-state index contributed by atoms with van der Waals surface area (Å²) in [6.45, 7) is 6.44. The van der Waals surface area contributed by atoms with Crippen LogP contribution in [-0.2, 0) is 0 Å². The van der Waals surface area contributed by atoms with Crippen molar-refractivity contribution < 1.29 is 14.3 Å². The maximum atomic E-state index is 13.5. The Morgan fingerprint density at radius 2 is 1.85 bits per heavy atom. The van der Waals surface area contributed by atoms with Crippen LogP contribution in [0.4, 0.5) is 5.69 Å². The van der Waals surface area contributed by atoms with E-state index in [-0.39, 0.29) is 17.6 Å².